The number of carbonyl (C=O) groups excluding carboxylic acids is 1. The van der Waals surface area contributed by atoms with Crippen LogP contribution in [-0.4, -0.2) is 50.2 Å². The quantitative estimate of drug-likeness (QED) is 0.766. The van der Waals surface area contributed by atoms with Gasteiger partial charge in [0.1, 0.15) is 0 Å². The van der Waals surface area contributed by atoms with Crippen molar-refractivity contribution in [3.8, 4) is 11.5 Å². The molecule has 0 aromatic heterocycles. The largest absolute Gasteiger partial charge is 0.489 e. The van der Waals surface area contributed by atoms with E-state index in [4.69, 9.17) is 4.74 Å². The molecule has 3 rings (SSSR count). The van der Waals surface area contributed by atoms with E-state index in [0.29, 0.717) is 24.8 Å². The number of ether oxygens (including phenoxy) is 2. The van der Waals surface area contributed by atoms with E-state index < -0.39 is 6.61 Å². The fourth-order valence-corrected chi connectivity index (χ4v) is 3.55. The predicted molar refractivity (Wildman–Crippen MR) is 93.8 cm³/mol. The van der Waals surface area contributed by atoms with Gasteiger partial charge in [0.05, 0.1) is 6.61 Å². The van der Waals surface area contributed by atoms with Crippen molar-refractivity contribution in [2.24, 2.45) is 5.92 Å². The molecule has 5 nitrogen and oxygen atoms in total. The molecule has 1 N–H and O–H groups in total. The Hall–Kier alpha value is -1.89. The third-order valence-electron chi connectivity index (χ3n) is 5.09. The van der Waals surface area contributed by atoms with E-state index >= 15 is 0 Å². The van der Waals surface area contributed by atoms with Crippen molar-refractivity contribution >= 4 is 5.91 Å². The second kappa shape index (κ2) is 8.20. The van der Waals surface area contributed by atoms with Crippen LogP contribution in [0.5, 0.6) is 11.5 Å². The van der Waals surface area contributed by atoms with Crippen LogP contribution in [0.15, 0.2) is 18.2 Å². The zero-order chi connectivity index (χ0) is 18.7. The Morgan fingerprint density at radius 2 is 2.12 bits per heavy atom. The third-order valence-corrected chi connectivity index (χ3v) is 5.09. The molecule has 0 bridgehead atoms. The Morgan fingerprint density at radius 1 is 1.35 bits per heavy atom. The Bertz CT molecular complexity index is 637. The Labute approximate surface area is 152 Å². The summed E-state index contributed by atoms with van der Waals surface area (Å²) in [5.41, 5.74) is 0.988. The monoisotopic (exact) mass is 368 g/mol. The highest BCUT2D eigenvalue weighted by atomic mass is 19.3. The first-order valence-corrected chi connectivity index (χ1v) is 9.11. The van der Waals surface area contributed by atoms with Crippen LogP contribution in [0.2, 0.25) is 0 Å². The number of halogens is 2. The molecular weight excluding hydrogens is 342 g/mol. The lowest BCUT2D eigenvalue weighted by Gasteiger charge is -2.22. The van der Waals surface area contributed by atoms with E-state index in [1.807, 2.05) is 11.9 Å². The molecule has 2 atom stereocenters. The van der Waals surface area contributed by atoms with Gasteiger partial charge in [0.15, 0.2) is 11.5 Å². The normalized spacial score (nSPS) is 22.7. The minimum Gasteiger partial charge on any atom is -0.489 e. The van der Waals surface area contributed by atoms with Gasteiger partial charge in [-0.2, -0.15) is 8.78 Å². The van der Waals surface area contributed by atoms with Crippen molar-refractivity contribution in [2.45, 2.75) is 44.8 Å². The lowest BCUT2D eigenvalue weighted by Crippen LogP contribution is -2.39. The van der Waals surface area contributed by atoms with Crippen molar-refractivity contribution in [1.82, 2.24) is 10.2 Å². The molecule has 1 heterocycles. The molecule has 0 spiro atoms. The van der Waals surface area contributed by atoms with Crippen LogP contribution in [0.3, 0.4) is 0 Å². The molecule has 1 aliphatic heterocycles. The molecule has 1 saturated heterocycles. The van der Waals surface area contributed by atoms with Gasteiger partial charge in [0, 0.05) is 32.0 Å². The summed E-state index contributed by atoms with van der Waals surface area (Å²) >= 11 is 0. The average molecular weight is 368 g/mol. The molecule has 1 aliphatic carbocycles. The highest BCUT2D eigenvalue weighted by Gasteiger charge is 2.34. The number of hydrogen-bond donors (Lipinski definition) is 1. The lowest BCUT2D eigenvalue weighted by atomic mass is 9.96. The Balaban J connectivity index is 1.77. The van der Waals surface area contributed by atoms with E-state index in [1.165, 1.54) is 0 Å². The number of alkyl halides is 2. The first-order valence-electron chi connectivity index (χ1n) is 9.11. The van der Waals surface area contributed by atoms with Crippen molar-refractivity contribution < 1.29 is 23.0 Å². The first kappa shape index (κ1) is 18.9. The molecule has 0 radical (unpaired) electrons. The molecule has 1 aromatic rings. The maximum atomic E-state index is 12.7. The first-order chi connectivity index (χ1) is 12.5. The fourth-order valence-electron chi connectivity index (χ4n) is 3.55. The number of likely N-dealkylation sites (tertiary alicyclic amines) is 1. The fraction of sp³-hybridized carbons (Fsp3) is 0.632. The van der Waals surface area contributed by atoms with Gasteiger partial charge in [-0.1, -0.05) is 6.07 Å². The van der Waals surface area contributed by atoms with Gasteiger partial charge in [-0.15, -0.1) is 0 Å². The zero-order valence-corrected chi connectivity index (χ0v) is 15.2. The molecule has 1 aromatic carbocycles. The molecule has 2 aliphatic rings. The highest BCUT2D eigenvalue weighted by molar-refractivity contribution is 5.74. The van der Waals surface area contributed by atoms with E-state index in [-0.39, 0.29) is 23.6 Å². The van der Waals surface area contributed by atoms with Crippen LogP contribution in [0.4, 0.5) is 8.78 Å². The second-order valence-electron chi connectivity index (χ2n) is 7.15. The van der Waals surface area contributed by atoms with Gasteiger partial charge in [-0.3, -0.25) is 4.79 Å². The van der Waals surface area contributed by atoms with E-state index in [0.717, 1.165) is 31.4 Å². The topological polar surface area (TPSA) is 50.8 Å². The minimum atomic E-state index is -2.89. The summed E-state index contributed by atoms with van der Waals surface area (Å²) in [6.07, 6.45) is 3.07. The number of amides is 1. The lowest BCUT2D eigenvalue weighted by molar-refractivity contribution is -0.129. The predicted octanol–water partition coefficient (Wildman–Crippen LogP) is 3.00. The summed E-state index contributed by atoms with van der Waals surface area (Å²) in [5.74, 6) is 1.15. The molecule has 1 saturated carbocycles. The number of rotatable bonds is 8. The summed E-state index contributed by atoms with van der Waals surface area (Å²) < 4.78 is 35.7. The van der Waals surface area contributed by atoms with Gasteiger partial charge >= 0.3 is 6.61 Å². The maximum Gasteiger partial charge on any atom is 0.387 e. The molecule has 7 heteroatoms. The van der Waals surface area contributed by atoms with Gasteiger partial charge in [-0.25, -0.2) is 0 Å². The van der Waals surface area contributed by atoms with Crippen LogP contribution < -0.4 is 14.8 Å². The summed E-state index contributed by atoms with van der Waals surface area (Å²) in [5, 5.41) is 3.13. The van der Waals surface area contributed by atoms with Crippen molar-refractivity contribution in [3.63, 3.8) is 0 Å². The van der Waals surface area contributed by atoms with Crippen molar-refractivity contribution in [2.75, 3.05) is 26.7 Å². The SMILES string of the molecule is CNCC1CC(c2ccc(OC(F)F)c(OCC3CC3)c2)CN1C(C)=O. The van der Waals surface area contributed by atoms with E-state index in [9.17, 15) is 13.6 Å². The molecule has 26 heavy (non-hydrogen) atoms. The molecule has 144 valence electrons. The molecule has 2 fully saturated rings. The van der Waals surface area contributed by atoms with E-state index in [1.54, 1.807) is 25.1 Å². The summed E-state index contributed by atoms with van der Waals surface area (Å²) in [7, 11) is 1.87. The Kier molecular flexibility index (Phi) is 5.96. The minimum absolute atomic E-state index is 0.0515. The third kappa shape index (κ3) is 4.63. The number of hydrogen-bond acceptors (Lipinski definition) is 4. The van der Waals surface area contributed by atoms with Gasteiger partial charge < -0.3 is 19.7 Å². The van der Waals surface area contributed by atoms with Crippen molar-refractivity contribution in [1.29, 1.82) is 0 Å². The van der Waals surface area contributed by atoms with Crippen molar-refractivity contribution in [3.05, 3.63) is 23.8 Å². The summed E-state index contributed by atoms with van der Waals surface area (Å²) in [4.78, 5) is 13.8. The average Bonchev–Trinajstić information content (AvgIpc) is 3.32. The van der Waals surface area contributed by atoms with Crippen LogP contribution in [-0.2, 0) is 4.79 Å². The number of likely N-dealkylation sites (N-methyl/N-ethyl adjacent to an activating group) is 1. The van der Waals surface area contributed by atoms with E-state index in [2.05, 4.69) is 10.1 Å². The molecule has 1 amide bonds. The Morgan fingerprint density at radius 3 is 2.73 bits per heavy atom. The van der Waals surface area contributed by atoms with Crippen LogP contribution >= 0.6 is 0 Å². The number of nitrogens with zero attached hydrogens (tertiary/aromatic N) is 1. The smallest absolute Gasteiger partial charge is 0.387 e. The zero-order valence-electron chi connectivity index (χ0n) is 15.2. The molecular formula is C19H26F2N2O3. The maximum absolute atomic E-state index is 12.7. The van der Waals surface area contributed by atoms with Crippen LogP contribution in [0.25, 0.3) is 0 Å². The van der Waals surface area contributed by atoms with Crippen LogP contribution in [0.1, 0.15) is 37.7 Å². The number of benzene rings is 1. The second-order valence-corrected chi connectivity index (χ2v) is 7.15. The standard InChI is InChI=1S/C19H26F2N2O3/c1-12(24)23-10-15(7-16(23)9-22-2)14-5-6-17(26-19(20)21)18(8-14)25-11-13-3-4-13/h5-6,8,13,15-16,19,22H,3-4,7,9-11H2,1-2H3. The van der Waals surface area contributed by atoms with Crippen LogP contribution in [0, 0.1) is 5.92 Å². The van der Waals surface area contributed by atoms with Gasteiger partial charge in [0.25, 0.3) is 0 Å². The summed E-state index contributed by atoms with van der Waals surface area (Å²) in [6.45, 7) is 0.570. The number of nitrogens with one attached hydrogen (secondary N) is 1. The molecule has 2 unspecified atom stereocenters. The van der Waals surface area contributed by atoms with Gasteiger partial charge in [0.2, 0.25) is 5.91 Å². The highest BCUT2D eigenvalue weighted by Crippen LogP contribution is 2.38. The summed E-state index contributed by atoms with van der Waals surface area (Å²) in [6, 6.07) is 5.28. The number of carbonyl (C=O) groups is 1. The van der Waals surface area contributed by atoms with Gasteiger partial charge in [-0.05, 0) is 49.9 Å².